The summed E-state index contributed by atoms with van der Waals surface area (Å²) in [6, 6.07) is 10.1. The van der Waals surface area contributed by atoms with Crippen LogP contribution in [0.2, 0.25) is 0 Å². The minimum absolute atomic E-state index is 0.107. The Balaban J connectivity index is 1.39. The molecule has 5 nitrogen and oxygen atoms in total. The standard InChI is InChI=1S/C21H20FN3O2/c22-17-5-3-16(4-6-17)19-14-24-20(27-19)7-8-21(26)25-13-1-2-18(25)15-9-11-23-12-10-15/h3-6,9-12,14,18H,1-2,7-8,13H2. The highest BCUT2D eigenvalue weighted by Gasteiger charge is 2.29. The minimum Gasteiger partial charge on any atom is -0.441 e. The second kappa shape index (κ2) is 7.70. The van der Waals surface area contributed by atoms with Crippen molar-refractivity contribution in [3.05, 3.63) is 72.3 Å². The van der Waals surface area contributed by atoms with Crippen molar-refractivity contribution in [2.75, 3.05) is 6.54 Å². The molecule has 1 fully saturated rings. The Hall–Kier alpha value is -3.02. The van der Waals surface area contributed by atoms with E-state index in [2.05, 4.69) is 9.97 Å². The van der Waals surface area contributed by atoms with Crippen molar-refractivity contribution >= 4 is 5.91 Å². The van der Waals surface area contributed by atoms with E-state index in [9.17, 15) is 9.18 Å². The predicted octanol–water partition coefficient (Wildman–Crippen LogP) is 4.17. The zero-order valence-corrected chi connectivity index (χ0v) is 14.8. The van der Waals surface area contributed by atoms with E-state index < -0.39 is 0 Å². The van der Waals surface area contributed by atoms with Crippen molar-refractivity contribution in [2.45, 2.75) is 31.7 Å². The molecule has 3 aromatic rings. The summed E-state index contributed by atoms with van der Waals surface area (Å²) in [7, 11) is 0. The lowest BCUT2D eigenvalue weighted by Crippen LogP contribution is -2.30. The molecule has 0 bridgehead atoms. The number of oxazole rings is 1. The number of aryl methyl sites for hydroxylation is 1. The van der Waals surface area contributed by atoms with Gasteiger partial charge in [-0.1, -0.05) is 0 Å². The van der Waals surface area contributed by atoms with Crippen LogP contribution in [0.3, 0.4) is 0 Å². The molecule has 0 radical (unpaired) electrons. The monoisotopic (exact) mass is 365 g/mol. The lowest BCUT2D eigenvalue weighted by Gasteiger charge is -2.24. The zero-order chi connectivity index (χ0) is 18.6. The van der Waals surface area contributed by atoms with Crippen molar-refractivity contribution in [2.24, 2.45) is 0 Å². The molecule has 0 N–H and O–H groups in total. The Morgan fingerprint density at radius 3 is 2.74 bits per heavy atom. The molecule has 27 heavy (non-hydrogen) atoms. The van der Waals surface area contributed by atoms with Crippen molar-refractivity contribution in [1.29, 1.82) is 0 Å². The number of pyridine rings is 1. The first-order valence-electron chi connectivity index (χ1n) is 9.11. The number of rotatable bonds is 5. The van der Waals surface area contributed by atoms with E-state index in [0.29, 0.717) is 24.5 Å². The molecule has 1 aromatic carbocycles. The highest BCUT2D eigenvalue weighted by Crippen LogP contribution is 2.32. The summed E-state index contributed by atoms with van der Waals surface area (Å²) in [5.41, 5.74) is 1.89. The maximum Gasteiger partial charge on any atom is 0.223 e. The maximum absolute atomic E-state index is 13.0. The number of hydrogen-bond donors (Lipinski definition) is 0. The number of aromatic nitrogens is 2. The van der Waals surface area contributed by atoms with Gasteiger partial charge in [-0.25, -0.2) is 9.37 Å². The Morgan fingerprint density at radius 1 is 1.19 bits per heavy atom. The first-order chi connectivity index (χ1) is 13.2. The number of halogens is 1. The first kappa shape index (κ1) is 17.4. The molecule has 3 heterocycles. The predicted molar refractivity (Wildman–Crippen MR) is 98.1 cm³/mol. The van der Waals surface area contributed by atoms with Gasteiger partial charge in [0.05, 0.1) is 12.2 Å². The topological polar surface area (TPSA) is 59.2 Å². The number of hydrogen-bond acceptors (Lipinski definition) is 4. The normalized spacial score (nSPS) is 16.6. The molecule has 1 saturated heterocycles. The lowest BCUT2D eigenvalue weighted by atomic mass is 10.1. The van der Waals surface area contributed by atoms with Gasteiger partial charge in [0, 0.05) is 37.3 Å². The molecule has 6 heteroatoms. The fraction of sp³-hybridized carbons (Fsp3) is 0.286. The Kier molecular flexibility index (Phi) is 4.96. The van der Waals surface area contributed by atoms with Gasteiger partial charge < -0.3 is 9.32 Å². The smallest absolute Gasteiger partial charge is 0.223 e. The van der Waals surface area contributed by atoms with Gasteiger partial charge >= 0.3 is 0 Å². The third kappa shape index (κ3) is 3.89. The van der Waals surface area contributed by atoms with Crippen LogP contribution in [0, 0.1) is 5.82 Å². The van der Waals surface area contributed by atoms with Gasteiger partial charge in [-0.15, -0.1) is 0 Å². The first-order valence-corrected chi connectivity index (χ1v) is 9.11. The third-order valence-electron chi connectivity index (χ3n) is 4.90. The zero-order valence-electron chi connectivity index (χ0n) is 14.8. The van der Waals surface area contributed by atoms with Crippen molar-refractivity contribution < 1.29 is 13.6 Å². The van der Waals surface area contributed by atoms with Crippen LogP contribution in [0.5, 0.6) is 0 Å². The summed E-state index contributed by atoms with van der Waals surface area (Å²) in [6.07, 6.45) is 7.92. The minimum atomic E-state index is -0.293. The van der Waals surface area contributed by atoms with Crippen LogP contribution in [-0.2, 0) is 11.2 Å². The van der Waals surface area contributed by atoms with Crippen LogP contribution in [0.4, 0.5) is 4.39 Å². The summed E-state index contributed by atoms with van der Waals surface area (Å²) in [4.78, 5) is 23.0. The number of likely N-dealkylation sites (tertiary alicyclic amines) is 1. The number of benzene rings is 1. The average Bonchev–Trinajstić information content (AvgIpc) is 3.37. The van der Waals surface area contributed by atoms with E-state index >= 15 is 0 Å². The van der Waals surface area contributed by atoms with Gasteiger partial charge in [0.15, 0.2) is 11.7 Å². The summed E-state index contributed by atoms with van der Waals surface area (Å²) >= 11 is 0. The Bertz CT molecular complexity index is 909. The second-order valence-corrected chi connectivity index (χ2v) is 6.65. The number of carbonyl (C=O) groups excluding carboxylic acids is 1. The molecule has 4 rings (SSSR count). The van der Waals surface area contributed by atoms with Crippen LogP contribution >= 0.6 is 0 Å². The summed E-state index contributed by atoms with van der Waals surface area (Å²) in [6.45, 7) is 0.776. The second-order valence-electron chi connectivity index (χ2n) is 6.65. The van der Waals surface area contributed by atoms with Crippen LogP contribution in [0.15, 0.2) is 59.4 Å². The molecular formula is C21H20FN3O2. The SMILES string of the molecule is O=C(CCc1ncc(-c2ccc(F)cc2)o1)N1CCCC1c1ccncc1. The molecule has 138 valence electrons. The van der Waals surface area contributed by atoms with Crippen LogP contribution < -0.4 is 0 Å². The number of nitrogens with zero attached hydrogens (tertiary/aromatic N) is 3. The van der Waals surface area contributed by atoms with E-state index in [4.69, 9.17) is 4.42 Å². The molecular weight excluding hydrogens is 345 g/mol. The molecule has 2 aromatic heterocycles. The van der Waals surface area contributed by atoms with Crippen molar-refractivity contribution in [3.63, 3.8) is 0 Å². The van der Waals surface area contributed by atoms with Gasteiger partial charge in [0.1, 0.15) is 5.82 Å². The van der Waals surface area contributed by atoms with Gasteiger partial charge in [-0.3, -0.25) is 9.78 Å². The van der Waals surface area contributed by atoms with Crippen LogP contribution in [-0.4, -0.2) is 27.3 Å². The highest BCUT2D eigenvalue weighted by molar-refractivity contribution is 5.77. The maximum atomic E-state index is 13.0. The molecule has 0 saturated carbocycles. The highest BCUT2D eigenvalue weighted by atomic mass is 19.1. The van der Waals surface area contributed by atoms with Gasteiger partial charge in [-0.2, -0.15) is 0 Å². The van der Waals surface area contributed by atoms with Gasteiger partial charge in [0.2, 0.25) is 5.91 Å². The van der Waals surface area contributed by atoms with E-state index in [1.54, 1.807) is 30.7 Å². The van der Waals surface area contributed by atoms with E-state index in [-0.39, 0.29) is 17.8 Å². The fourth-order valence-corrected chi connectivity index (χ4v) is 3.53. The van der Waals surface area contributed by atoms with Gasteiger partial charge in [-0.05, 0) is 54.8 Å². The summed E-state index contributed by atoms with van der Waals surface area (Å²) < 4.78 is 18.7. The van der Waals surface area contributed by atoms with Crippen molar-refractivity contribution in [3.8, 4) is 11.3 Å². The molecule has 1 aliphatic heterocycles. The van der Waals surface area contributed by atoms with Gasteiger partial charge in [0.25, 0.3) is 0 Å². The molecule has 1 atom stereocenters. The van der Waals surface area contributed by atoms with Crippen LogP contribution in [0.25, 0.3) is 11.3 Å². The quantitative estimate of drug-likeness (QED) is 0.681. The number of amides is 1. The molecule has 1 amide bonds. The lowest BCUT2D eigenvalue weighted by molar-refractivity contribution is -0.132. The molecule has 1 aliphatic rings. The summed E-state index contributed by atoms with van der Waals surface area (Å²) in [5.74, 6) is 0.907. The molecule has 0 aliphatic carbocycles. The fourth-order valence-electron chi connectivity index (χ4n) is 3.53. The Labute approximate surface area is 156 Å². The largest absolute Gasteiger partial charge is 0.441 e. The third-order valence-corrected chi connectivity index (χ3v) is 4.90. The average molecular weight is 365 g/mol. The molecule has 0 spiro atoms. The van der Waals surface area contributed by atoms with E-state index in [1.807, 2.05) is 17.0 Å². The summed E-state index contributed by atoms with van der Waals surface area (Å²) in [5, 5.41) is 0. The van der Waals surface area contributed by atoms with Crippen LogP contribution in [0.1, 0.15) is 36.8 Å². The Morgan fingerprint density at radius 2 is 1.96 bits per heavy atom. The van der Waals surface area contributed by atoms with E-state index in [1.165, 1.54) is 12.1 Å². The molecule has 1 unspecified atom stereocenters. The van der Waals surface area contributed by atoms with Crippen molar-refractivity contribution in [1.82, 2.24) is 14.9 Å². The van der Waals surface area contributed by atoms with E-state index in [0.717, 1.165) is 30.5 Å². The number of carbonyl (C=O) groups is 1.